The number of rotatable bonds is 7. The van der Waals surface area contributed by atoms with E-state index in [0.29, 0.717) is 45.4 Å². The number of carbonyl (C=O) groups is 2. The number of methoxy groups -OCH3 is 4. The van der Waals surface area contributed by atoms with Gasteiger partial charge in [-0.3, -0.25) is 4.79 Å². The van der Waals surface area contributed by atoms with Crippen LogP contribution in [0.3, 0.4) is 0 Å². The van der Waals surface area contributed by atoms with E-state index in [4.69, 9.17) is 28.4 Å². The van der Waals surface area contributed by atoms with Crippen molar-refractivity contribution in [2.45, 2.75) is 6.92 Å². The highest BCUT2D eigenvalue weighted by molar-refractivity contribution is 6.15. The molecule has 0 unspecified atom stereocenters. The van der Waals surface area contributed by atoms with Gasteiger partial charge in [-0.25, -0.2) is 4.79 Å². The van der Waals surface area contributed by atoms with E-state index in [1.807, 2.05) is 0 Å². The summed E-state index contributed by atoms with van der Waals surface area (Å²) in [6, 6.07) is 13.1. The van der Waals surface area contributed by atoms with Crippen LogP contribution in [0.5, 0.6) is 34.5 Å². The Bertz CT molecular complexity index is 1340. The molecule has 0 radical (unpaired) electrons. The second-order valence-corrected chi connectivity index (χ2v) is 7.57. The number of fused-ring (bicyclic) bond motifs is 1. The SMILES string of the molecule is COc1ccc(/C=C2\Oc3c(ccc(OC(=O)c4ccc(OC)c(OC)c4)c3C)C2=O)c(OC)c1. The van der Waals surface area contributed by atoms with Gasteiger partial charge in [0.05, 0.1) is 39.6 Å². The number of allylic oxidation sites excluding steroid dienone is 1. The molecule has 3 aromatic rings. The predicted octanol–water partition coefficient (Wildman–Crippen LogP) is 4.86. The number of hydrogen-bond acceptors (Lipinski definition) is 8. The maximum Gasteiger partial charge on any atom is 0.343 e. The van der Waals surface area contributed by atoms with Crippen molar-refractivity contribution in [3.63, 3.8) is 0 Å². The van der Waals surface area contributed by atoms with Crippen LogP contribution in [0, 0.1) is 6.92 Å². The molecule has 0 amide bonds. The highest BCUT2D eigenvalue weighted by Crippen LogP contribution is 2.40. The Hall–Kier alpha value is -4.46. The van der Waals surface area contributed by atoms with E-state index in [1.165, 1.54) is 27.4 Å². The molecule has 3 aromatic carbocycles. The molecule has 0 N–H and O–H groups in total. The van der Waals surface area contributed by atoms with E-state index in [-0.39, 0.29) is 22.9 Å². The van der Waals surface area contributed by atoms with Gasteiger partial charge in [0.25, 0.3) is 0 Å². The summed E-state index contributed by atoms with van der Waals surface area (Å²) in [5, 5.41) is 0. The molecule has 0 bridgehead atoms. The molecule has 1 heterocycles. The maximum absolute atomic E-state index is 13.0. The molecule has 0 atom stereocenters. The van der Waals surface area contributed by atoms with Crippen LogP contribution in [-0.2, 0) is 0 Å². The van der Waals surface area contributed by atoms with Crippen LogP contribution in [0.1, 0.15) is 31.8 Å². The Labute approximate surface area is 202 Å². The van der Waals surface area contributed by atoms with Crippen LogP contribution in [0.4, 0.5) is 0 Å². The van der Waals surface area contributed by atoms with Gasteiger partial charge in [-0.2, -0.15) is 0 Å². The molecule has 4 rings (SSSR count). The largest absolute Gasteiger partial charge is 0.497 e. The number of hydrogen-bond donors (Lipinski definition) is 0. The molecule has 0 saturated carbocycles. The van der Waals surface area contributed by atoms with Gasteiger partial charge >= 0.3 is 5.97 Å². The zero-order valence-corrected chi connectivity index (χ0v) is 20.0. The number of carbonyl (C=O) groups excluding carboxylic acids is 2. The van der Waals surface area contributed by atoms with Crippen molar-refractivity contribution in [2.24, 2.45) is 0 Å². The van der Waals surface area contributed by atoms with Gasteiger partial charge < -0.3 is 28.4 Å². The number of ketones is 1. The average molecular weight is 476 g/mol. The Morgan fingerprint density at radius 3 is 2.20 bits per heavy atom. The van der Waals surface area contributed by atoms with E-state index in [2.05, 4.69) is 0 Å². The van der Waals surface area contributed by atoms with Crippen molar-refractivity contribution in [3.05, 3.63) is 76.5 Å². The predicted molar refractivity (Wildman–Crippen MR) is 128 cm³/mol. The van der Waals surface area contributed by atoms with Crippen LogP contribution in [-0.4, -0.2) is 40.2 Å². The standard InChI is InChI=1S/C27H24O8/c1-15-20(35-27(29)17-7-10-21(31-3)23(13-17)33-5)11-9-19-25(28)24(34-26(15)19)12-16-6-8-18(30-2)14-22(16)32-4/h6-14H,1-5H3/b24-12-. The Morgan fingerprint density at radius 1 is 0.800 bits per heavy atom. The summed E-state index contributed by atoms with van der Waals surface area (Å²) in [5.74, 6) is 1.95. The molecule has 1 aliphatic heterocycles. The van der Waals surface area contributed by atoms with E-state index < -0.39 is 5.97 Å². The summed E-state index contributed by atoms with van der Waals surface area (Å²) in [5.41, 5.74) is 1.84. The van der Waals surface area contributed by atoms with Crippen molar-refractivity contribution in [3.8, 4) is 34.5 Å². The quantitative estimate of drug-likeness (QED) is 0.271. The lowest BCUT2D eigenvalue weighted by Crippen LogP contribution is -2.10. The molecule has 0 aromatic heterocycles. The van der Waals surface area contributed by atoms with Gasteiger partial charge in [0, 0.05) is 17.2 Å². The Kier molecular flexibility index (Phi) is 6.64. The van der Waals surface area contributed by atoms with E-state index in [0.717, 1.165) is 0 Å². The third-order valence-electron chi connectivity index (χ3n) is 5.59. The highest BCUT2D eigenvalue weighted by atomic mass is 16.5. The van der Waals surface area contributed by atoms with Crippen molar-refractivity contribution in [1.29, 1.82) is 0 Å². The molecule has 0 saturated heterocycles. The highest BCUT2D eigenvalue weighted by Gasteiger charge is 2.31. The van der Waals surface area contributed by atoms with Crippen molar-refractivity contribution in [2.75, 3.05) is 28.4 Å². The van der Waals surface area contributed by atoms with E-state index in [9.17, 15) is 9.59 Å². The van der Waals surface area contributed by atoms with Crippen LogP contribution < -0.4 is 28.4 Å². The average Bonchev–Trinajstić information content (AvgIpc) is 3.20. The first-order valence-electron chi connectivity index (χ1n) is 10.6. The zero-order valence-electron chi connectivity index (χ0n) is 20.0. The van der Waals surface area contributed by atoms with Crippen molar-refractivity contribution < 1.29 is 38.0 Å². The van der Waals surface area contributed by atoms with Crippen molar-refractivity contribution in [1.82, 2.24) is 0 Å². The summed E-state index contributed by atoms with van der Waals surface area (Å²) in [7, 11) is 6.09. The number of benzene rings is 3. The number of esters is 1. The van der Waals surface area contributed by atoms with E-state index in [1.54, 1.807) is 62.6 Å². The summed E-state index contributed by atoms with van der Waals surface area (Å²) in [4.78, 5) is 25.7. The summed E-state index contributed by atoms with van der Waals surface area (Å²) in [6.07, 6.45) is 1.61. The van der Waals surface area contributed by atoms with Gasteiger partial charge in [-0.15, -0.1) is 0 Å². The van der Waals surface area contributed by atoms with Gasteiger partial charge in [0.1, 0.15) is 23.0 Å². The van der Waals surface area contributed by atoms with Gasteiger partial charge in [-0.05, 0) is 55.5 Å². The van der Waals surface area contributed by atoms with Gasteiger partial charge in [0.15, 0.2) is 17.3 Å². The molecule has 180 valence electrons. The summed E-state index contributed by atoms with van der Waals surface area (Å²) < 4.78 is 32.6. The molecule has 0 fully saturated rings. The Balaban J connectivity index is 1.60. The Morgan fingerprint density at radius 2 is 1.51 bits per heavy atom. The molecular weight excluding hydrogens is 452 g/mol. The molecular formula is C27H24O8. The molecule has 0 aliphatic carbocycles. The molecule has 35 heavy (non-hydrogen) atoms. The number of Topliss-reactive ketones (excluding diaryl/α,β-unsaturated/α-hetero) is 1. The zero-order chi connectivity index (χ0) is 25.1. The molecule has 8 heteroatoms. The van der Waals surface area contributed by atoms with Gasteiger partial charge in [0.2, 0.25) is 5.78 Å². The minimum Gasteiger partial charge on any atom is -0.497 e. The fraction of sp³-hybridized carbons (Fsp3) is 0.185. The lowest BCUT2D eigenvalue weighted by molar-refractivity contribution is 0.0732. The van der Waals surface area contributed by atoms with Crippen LogP contribution >= 0.6 is 0 Å². The number of ether oxygens (including phenoxy) is 6. The van der Waals surface area contributed by atoms with Gasteiger partial charge in [-0.1, -0.05) is 0 Å². The molecule has 8 nitrogen and oxygen atoms in total. The van der Waals surface area contributed by atoms with Crippen LogP contribution in [0.15, 0.2) is 54.3 Å². The first-order chi connectivity index (χ1) is 16.9. The molecule has 1 aliphatic rings. The fourth-order valence-electron chi connectivity index (χ4n) is 3.68. The summed E-state index contributed by atoms with van der Waals surface area (Å²) in [6.45, 7) is 1.72. The van der Waals surface area contributed by atoms with Crippen molar-refractivity contribution >= 4 is 17.8 Å². The minimum atomic E-state index is -0.586. The second-order valence-electron chi connectivity index (χ2n) is 7.57. The normalized spacial score (nSPS) is 13.2. The lowest BCUT2D eigenvalue weighted by Gasteiger charge is -2.12. The smallest absolute Gasteiger partial charge is 0.343 e. The lowest BCUT2D eigenvalue weighted by atomic mass is 10.1. The molecule has 0 spiro atoms. The third kappa shape index (κ3) is 4.50. The van der Waals surface area contributed by atoms with Crippen LogP contribution in [0.2, 0.25) is 0 Å². The summed E-state index contributed by atoms with van der Waals surface area (Å²) >= 11 is 0. The minimum absolute atomic E-state index is 0.134. The fourth-order valence-corrected chi connectivity index (χ4v) is 3.68. The maximum atomic E-state index is 13.0. The first kappa shape index (κ1) is 23.7. The van der Waals surface area contributed by atoms with E-state index >= 15 is 0 Å². The topological polar surface area (TPSA) is 89.5 Å². The second kappa shape index (κ2) is 9.80. The third-order valence-corrected chi connectivity index (χ3v) is 5.59. The first-order valence-corrected chi connectivity index (χ1v) is 10.6. The monoisotopic (exact) mass is 476 g/mol. The van der Waals surface area contributed by atoms with Crippen LogP contribution in [0.25, 0.3) is 6.08 Å².